The van der Waals surface area contributed by atoms with Crippen LogP contribution < -0.4 is 10.6 Å². The lowest BCUT2D eigenvalue weighted by molar-refractivity contribution is -0.115. The molecule has 0 radical (unpaired) electrons. The van der Waals surface area contributed by atoms with Gasteiger partial charge in [0.25, 0.3) is 11.1 Å². The normalized spacial score (nSPS) is 15.3. The zero-order valence-corrected chi connectivity index (χ0v) is 16.9. The Morgan fingerprint density at radius 3 is 2.76 bits per heavy atom. The lowest BCUT2D eigenvalue weighted by atomic mass is 10.1. The molecule has 8 heteroatoms. The molecule has 6 nitrogen and oxygen atoms in total. The van der Waals surface area contributed by atoms with Gasteiger partial charge in [0.05, 0.1) is 23.0 Å². The van der Waals surface area contributed by atoms with Crippen LogP contribution in [-0.4, -0.2) is 21.1 Å². The Hall–Kier alpha value is -3.16. The van der Waals surface area contributed by atoms with Crippen LogP contribution in [0.4, 0.5) is 10.6 Å². The van der Waals surface area contributed by atoms with Crippen LogP contribution in [0.15, 0.2) is 78.5 Å². The van der Waals surface area contributed by atoms with Crippen molar-refractivity contribution < 1.29 is 9.59 Å². The molecule has 1 fully saturated rings. The summed E-state index contributed by atoms with van der Waals surface area (Å²) in [5, 5.41) is 5.68. The fourth-order valence-corrected chi connectivity index (χ4v) is 3.39. The van der Waals surface area contributed by atoms with E-state index in [0.29, 0.717) is 39.1 Å². The van der Waals surface area contributed by atoms with Crippen molar-refractivity contribution in [3.05, 3.63) is 94.8 Å². The highest BCUT2D eigenvalue weighted by Gasteiger charge is 2.24. The zero-order valence-electron chi connectivity index (χ0n) is 15.3. The zero-order chi connectivity index (χ0) is 20.8. The molecule has 2 heterocycles. The second-order valence-corrected chi connectivity index (χ2v) is 7.39. The van der Waals surface area contributed by atoms with Crippen LogP contribution in [0.3, 0.4) is 0 Å². The summed E-state index contributed by atoms with van der Waals surface area (Å²) in [7, 11) is 0. The van der Waals surface area contributed by atoms with Gasteiger partial charge < -0.3 is 5.32 Å². The van der Waals surface area contributed by atoms with Gasteiger partial charge in [0.2, 0.25) is 0 Å². The molecule has 146 valence electrons. The van der Waals surface area contributed by atoms with Gasteiger partial charge in [-0.3, -0.25) is 19.9 Å². The minimum absolute atomic E-state index is 0.293. The largest absolute Gasteiger partial charge is 0.365 e. The highest BCUT2D eigenvalue weighted by Crippen LogP contribution is 2.25. The first kappa shape index (κ1) is 20.6. The molecule has 1 aromatic heterocycles. The lowest BCUT2D eigenvalue weighted by Crippen LogP contribution is -2.17. The monoisotopic (exact) mass is 424 g/mol. The molecule has 0 bridgehead atoms. The number of amides is 2. The van der Waals surface area contributed by atoms with E-state index in [1.165, 1.54) is 0 Å². The molecule has 0 unspecified atom stereocenters. The standard InChI is InChI=1S/C21H17ClN4O2S/c1-3-14(8-13(2)9-18-20(27)26-21(28)29-18)17-11-23-12-19(25-17)24-10-15-6-4-5-7-16(15)22/h3-9,11-12H,1-2,10H2,(H,24,25)(H,26,27,28)/b14-8+,18-9-. The van der Waals surface area contributed by atoms with Gasteiger partial charge in [-0.15, -0.1) is 0 Å². The van der Waals surface area contributed by atoms with E-state index in [2.05, 4.69) is 33.8 Å². The van der Waals surface area contributed by atoms with Crippen LogP contribution in [-0.2, 0) is 11.3 Å². The van der Waals surface area contributed by atoms with Crippen LogP contribution in [0.5, 0.6) is 0 Å². The fraction of sp³-hybridized carbons (Fsp3) is 0.0476. The average Bonchev–Trinajstić information content (AvgIpc) is 3.02. The minimum Gasteiger partial charge on any atom is -0.365 e. The number of imide groups is 1. The third-order valence-corrected chi connectivity index (χ3v) is 5.05. The Balaban J connectivity index is 1.76. The second-order valence-electron chi connectivity index (χ2n) is 5.97. The number of anilines is 1. The fourth-order valence-electron chi connectivity index (χ4n) is 2.49. The van der Waals surface area contributed by atoms with Gasteiger partial charge in [0, 0.05) is 17.1 Å². The van der Waals surface area contributed by atoms with E-state index >= 15 is 0 Å². The third kappa shape index (κ3) is 5.43. The number of carbonyl (C=O) groups is 2. The smallest absolute Gasteiger partial charge is 0.290 e. The molecule has 29 heavy (non-hydrogen) atoms. The predicted molar refractivity (Wildman–Crippen MR) is 117 cm³/mol. The molecular weight excluding hydrogens is 408 g/mol. The van der Waals surface area contributed by atoms with Crippen LogP contribution in [0, 0.1) is 0 Å². The number of hydrogen-bond donors (Lipinski definition) is 2. The molecular formula is C21H17ClN4O2S. The number of halogens is 1. The van der Waals surface area contributed by atoms with Gasteiger partial charge in [-0.2, -0.15) is 0 Å². The van der Waals surface area contributed by atoms with Crippen molar-refractivity contribution in [3.63, 3.8) is 0 Å². The van der Waals surface area contributed by atoms with E-state index in [1.54, 1.807) is 30.6 Å². The van der Waals surface area contributed by atoms with E-state index in [0.717, 1.165) is 17.3 Å². The van der Waals surface area contributed by atoms with Gasteiger partial charge >= 0.3 is 0 Å². The molecule has 2 aromatic rings. The Morgan fingerprint density at radius 1 is 1.28 bits per heavy atom. The summed E-state index contributed by atoms with van der Waals surface area (Å²) in [6, 6.07) is 7.55. The molecule has 0 spiro atoms. The molecule has 3 rings (SSSR count). The maximum atomic E-state index is 11.7. The van der Waals surface area contributed by atoms with Crippen molar-refractivity contribution in [1.29, 1.82) is 0 Å². The molecule has 1 saturated heterocycles. The van der Waals surface area contributed by atoms with Crippen molar-refractivity contribution in [3.8, 4) is 0 Å². The number of allylic oxidation sites excluding steroid dienone is 5. The number of nitrogens with zero attached hydrogens (tertiary/aromatic N) is 2. The molecule has 1 aromatic carbocycles. The number of carbonyl (C=O) groups excluding carboxylic acids is 2. The van der Waals surface area contributed by atoms with Crippen molar-refractivity contribution in [2.45, 2.75) is 6.54 Å². The second kappa shape index (κ2) is 9.36. The van der Waals surface area contributed by atoms with Crippen molar-refractivity contribution in [1.82, 2.24) is 15.3 Å². The first-order valence-corrected chi connectivity index (χ1v) is 9.73. The summed E-state index contributed by atoms with van der Waals surface area (Å²) in [5.74, 6) is 0.149. The predicted octanol–water partition coefficient (Wildman–Crippen LogP) is 4.73. The van der Waals surface area contributed by atoms with Crippen LogP contribution in [0.1, 0.15) is 11.3 Å². The molecule has 1 aliphatic rings. The maximum Gasteiger partial charge on any atom is 0.290 e. The molecule has 0 aliphatic carbocycles. The van der Waals surface area contributed by atoms with Crippen molar-refractivity contribution >= 4 is 45.9 Å². The molecule has 0 saturated carbocycles. The lowest BCUT2D eigenvalue weighted by Gasteiger charge is -2.09. The number of aromatic nitrogens is 2. The summed E-state index contributed by atoms with van der Waals surface area (Å²) >= 11 is 7.01. The molecule has 1 aliphatic heterocycles. The van der Waals surface area contributed by atoms with Gasteiger partial charge in [-0.25, -0.2) is 4.98 Å². The summed E-state index contributed by atoms with van der Waals surface area (Å²) in [6.45, 7) is 8.23. The number of rotatable bonds is 7. The van der Waals surface area contributed by atoms with E-state index in [4.69, 9.17) is 11.6 Å². The summed E-state index contributed by atoms with van der Waals surface area (Å²) < 4.78 is 0. The summed E-state index contributed by atoms with van der Waals surface area (Å²) in [4.78, 5) is 32.0. The van der Waals surface area contributed by atoms with Crippen molar-refractivity contribution in [2.24, 2.45) is 0 Å². The van der Waals surface area contributed by atoms with E-state index in [1.807, 2.05) is 24.3 Å². The molecule has 2 amide bonds. The van der Waals surface area contributed by atoms with Crippen LogP contribution in [0.2, 0.25) is 5.02 Å². The third-order valence-electron chi connectivity index (χ3n) is 3.87. The number of nitrogens with one attached hydrogen (secondary N) is 2. The van der Waals surface area contributed by atoms with Gasteiger partial charge in [0.15, 0.2) is 0 Å². The number of thioether (sulfide) groups is 1. The maximum absolute atomic E-state index is 11.7. The SMILES string of the molecule is C=C/C(=C\C(=C)/C=C1\SC(=O)NC1=O)c1cncc(NCc2ccccc2Cl)n1. The highest BCUT2D eigenvalue weighted by molar-refractivity contribution is 8.18. The first-order chi connectivity index (χ1) is 14.0. The summed E-state index contributed by atoms with van der Waals surface area (Å²) in [5.41, 5.74) is 2.74. The Labute approximate surface area is 177 Å². The molecule has 0 atom stereocenters. The Kier molecular flexibility index (Phi) is 6.64. The minimum atomic E-state index is -0.430. The quantitative estimate of drug-likeness (QED) is 0.493. The Morgan fingerprint density at radius 2 is 2.07 bits per heavy atom. The molecule has 2 N–H and O–H groups in total. The van der Waals surface area contributed by atoms with E-state index in [-0.39, 0.29) is 0 Å². The highest BCUT2D eigenvalue weighted by atomic mass is 35.5. The van der Waals surface area contributed by atoms with Gasteiger partial charge in [0.1, 0.15) is 5.82 Å². The topological polar surface area (TPSA) is 84.0 Å². The van der Waals surface area contributed by atoms with Crippen LogP contribution >= 0.6 is 23.4 Å². The van der Waals surface area contributed by atoms with Gasteiger partial charge in [-0.05, 0) is 41.1 Å². The van der Waals surface area contributed by atoms with E-state index < -0.39 is 11.1 Å². The van der Waals surface area contributed by atoms with Crippen LogP contribution in [0.25, 0.3) is 5.57 Å². The number of hydrogen-bond acceptors (Lipinski definition) is 6. The number of benzene rings is 1. The Bertz CT molecular complexity index is 1060. The van der Waals surface area contributed by atoms with E-state index in [9.17, 15) is 9.59 Å². The van der Waals surface area contributed by atoms with Gasteiger partial charge in [-0.1, -0.05) is 49.0 Å². The summed E-state index contributed by atoms with van der Waals surface area (Å²) in [6.07, 6.45) is 8.11. The average molecular weight is 425 g/mol. The first-order valence-electron chi connectivity index (χ1n) is 8.54. The van der Waals surface area contributed by atoms with Crippen molar-refractivity contribution in [2.75, 3.05) is 5.32 Å².